The first-order valence-electron chi connectivity index (χ1n) is 8.56. The molecule has 4 rings (SSSR count). The molecule has 5 nitrogen and oxygen atoms in total. The molecule has 0 spiro atoms. The van der Waals surface area contributed by atoms with Crippen LogP contribution in [-0.2, 0) is 13.6 Å². The van der Waals surface area contributed by atoms with Crippen molar-refractivity contribution in [1.82, 2.24) is 20.1 Å². The van der Waals surface area contributed by atoms with Gasteiger partial charge in [-0.2, -0.15) is 5.10 Å². The molecule has 1 N–H and O–H groups in total. The van der Waals surface area contributed by atoms with Gasteiger partial charge in [0.05, 0.1) is 11.9 Å². The quantitative estimate of drug-likeness (QED) is 0.571. The summed E-state index contributed by atoms with van der Waals surface area (Å²) in [5.41, 5.74) is 4.48. The number of carbonyl (C=O) groups excluding carboxylic acids is 1. The molecule has 1 aromatic carbocycles. The second-order valence-electron chi connectivity index (χ2n) is 6.15. The van der Waals surface area contributed by atoms with Crippen molar-refractivity contribution in [2.45, 2.75) is 6.54 Å². The molecule has 4 aromatic rings. The van der Waals surface area contributed by atoms with Gasteiger partial charge >= 0.3 is 0 Å². The average Bonchev–Trinajstić information content (AvgIpc) is 3.38. The molecule has 0 saturated carbocycles. The Bertz CT molecular complexity index is 1050. The summed E-state index contributed by atoms with van der Waals surface area (Å²) in [6.45, 7) is 0.406. The average molecular weight is 374 g/mol. The summed E-state index contributed by atoms with van der Waals surface area (Å²) in [5.74, 6) is -0.103. The maximum atomic E-state index is 12.5. The number of aryl methyl sites for hydroxylation is 1. The van der Waals surface area contributed by atoms with Crippen molar-refractivity contribution in [2.75, 3.05) is 0 Å². The maximum Gasteiger partial charge on any atom is 0.251 e. The van der Waals surface area contributed by atoms with Gasteiger partial charge in [-0.15, -0.1) is 11.3 Å². The van der Waals surface area contributed by atoms with Crippen LogP contribution in [0.15, 0.2) is 72.5 Å². The SMILES string of the molecule is Cn1cc(-c2ncccc2CNC(=O)c2ccc(-c3cccs3)cc2)cn1. The molecule has 0 radical (unpaired) electrons. The second kappa shape index (κ2) is 7.55. The normalized spacial score (nSPS) is 10.7. The van der Waals surface area contributed by atoms with Crippen LogP contribution >= 0.6 is 11.3 Å². The number of hydrogen-bond donors (Lipinski definition) is 1. The van der Waals surface area contributed by atoms with Crippen molar-refractivity contribution in [2.24, 2.45) is 7.05 Å². The maximum absolute atomic E-state index is 12.5. The minimum absolute atomic E-state index is 0.103. The first-order chi connectivity index (χ1) is 13.2. The van der Waals surface area contributed by atoms with Gasteiger partial charge in [-0.05, 0) is 40.8 Å². The Morgan fingerprint density at radius 2 is 1.96 bits per heavy atom. The number of nitrogens with zero attached hydrogens (tertiary/aromatic N) is 3. The molecule has 3 heterocycles. The Hall–Kier alpha value is -3.25. The summed E-state index contributed by atoms with van der Waals surface area (Å²) in [4.78, 5) is 18.2. The van der Waals surface area contributed by atoms with E-state index in [0.717, 1.165) is 22.4 Å². The molecular weight excluding hydrogens is 356 g/mol. The van der Waals surface area contributed by atoms with Gasteiger partial charge in [0.15, 0.2) is 0 Å². The molecule has 0 fully saturated rings. The second-order valence-corrected chi connectivity index (χ2v) is 7.10. The van der Waals surface area contributed by atoms with Crippen molar-refractivity contribution < 1.29 is 4.79 Å². The molecule has 0 bridgehead atoms. The van der Waals surface area contributed by atoms with Gasteiger partial charge in [0, 0.05) is 42.0 Å². The van der Waals surface area contributed by atoms with Crippen LogP contribution in [0.1, 0.15) is 15.9 Å². The molecule has 27 heavy (non-hydrogen) atoms. The zero-order valence-electron chi connectivity index (χ0n) is 14.8. The van der Waals surface area contributed by atoms with Crippen LogP contribution in [0.2, 0.25) is 0 Å². The van der Waals surface area contributed by atoms with E-state index in [2.05, 4.69) is 21.5 Å². The molecule has 0 atom stereocenters. The molecule has 3 aromatic heterocycles. The van der Waals surface area contributed by atoms with E-state index in [-0.39, 0.29) is 5.91 Å². The highest BCUT2D eigenvalue weighted by molar-refractivity contribution is 7.13. The van der Waals surface area contributed by atoms with Crippen LogP contribution in [-0.4, -0.2) is 20.7 Å². The molecule has 0 unspecified atom stereocenters. The Labute approximate surface area is 161 Å². The summed E-state index contributed by atoms with van der Waals surface area (Å²) in [7, 11) is 1.87. The van der Waals surface area contributed by atoms with Crippen LogP contribution in [0, 0.1) is 0 Å². The van der Waals surface area contributed by atoms with Crippen molar-refractivity contribution in [1.29, 1.82) is 0 Å². The fraction of sp³-hybridized carbons (Fsp3) is 0.0952. The summed E-state index contributed by atoms with van der Waals surface area (Å²) < 4.78 is 1.74. The molecule has 1 amide bonds. The molecule has 134 valence electrons. The molecule has 0 saturated heterocycles. The number of hydrogen-bond acceptors (Lipinski definition) is 4. The van der Waals surface area contributed by atoms with E-state index >= 15 is 0 Å². The number of amides is 1. The Morgan fingerprint density at radius 1 is 1.11 bits per heavy atom. The van der Waals surface area contributed by atoms with Crippen LogP contribution in [0.3, 0.4) is 0 Å². The fourth-order valence-corrected chi connectivity index (χ4v) is 3.62. The van der Waals surface area contributed by atoms with E-state index in [9.17, 15) is 4.79 Å². The number of aromatic nitrogens is 3. The highest BCUT2D eigenvalue weighted by Gasteiger charge is 2.11. The van der Waals surface area contributed by atoms with Crippen LogP contribution in [0.4, 0.5) is 0 Å². The summed E-state index contributed by atoms with van der Waals surface area (Å²) in [5, 5.41) is 9.22. The van der Waals surface area contributed by atoms with Gasteiger partial charge < -0.3 is 5.32 Å². The number of pyridine rings is 1. The van der Waals surface area contributed by atoms with Gasteiger partial charge in [0.2, 0.25) is 0 Å². The van der Waals surface area contributed by atoms with E-state index in [1.54, 1.807) is 28.4 Å². The van der Waals surface area contributed by atoms with Gasteiger partial charge in [-0.3, -0.25) is 14.5 Å². The first kappa shape index (κ1) is 17.2. The third kappa shape index (κ3) is 3.80. The Morgan fingerprint density at radius 3 is 2.67 bits per heavy atom. The summed E-state index contributed by atoms with van der Waals surface area (Å²) in [6, 6.07) is 15.6. The largest absolute Gasteiger partial charge is 0.348 e. The monoisotopic (exact) mass is 374 g/mol. The molecular formula is C21H18N4OS. The lowest BCUT2D eigenvalue weighted by atomic mass is 10.1. The van der Waals surface area contributed by atoms with Gasteiger partial charge in [-0.25, -0.2) is 0 Å². The molecule has 0 aliphatic carbocycles. The van der Waals surface area contributed by atoms with E-state index < -0.39 is 0 Å². The number of rotatable bonds is 5. The third-order valence-corrected chi connectivity index (χ3v) is 5.18. The van der Waals surface area contributed by atoms with Crippen LogP contribution < -0.4 is 5.32 Å². The number of benzene rings is 1. The van der Waals surface area contributed by atoms with E-state index in [1.807, 2.05) is 61.1 Å². The van der Waals surface area contributed by atoms with Crippen molar-refractivity contribution >= 4 is 17.2 Å². The fourth-order valence-electron chi connectivity index (χ4n) is 2.89. The number of thiophene rings is 1. The van der Waals surface area contributed by atoms with Crippen molar-refractivity contribution in [3.63, 3.8) is 0 Å². The summed E-state index contributed by atoms with van der Waals surface area (Å²) in [6.07, 6.45) is 5.44. The van der Waals surface area contributed by atoms with Crippen molar-refractivity contribution in [3.8, 4) is 21.7 Å². The highest BCUT2D eigenvalue weighted by atomic mass is 32.1. The van der Waals surface area contributed by atoms with Gasteiger partial charge in [0.1, 0.15) is 0 Å². The lowest BCUT2D eigenvalue weighted by Crippen LogP contribution is -2.23. The molecule has 0 aliphatic heterocycles. The molecule has 0 aliphatic rings. The van der Waals surface area contributed by atoms with Crippen LogP contribution in [0.5, 0.6) is 0 Å². The Balaban J connectivity index is 1.47. The Kier molecular flexibility index (Phi) is 4.80. The van der Waals surface area contributed by atoms with E-state index in [0.29, 0.717) is 12.1 Å². The van der Waals surface area contributed by atoms with Crippen LogP contribution in [0.25, 0.3) is 21.7 Å². The first-order valence-corrected chi connectivity index (χ1v) is 9.44. The van der Waals surface area contributed by atoms with Gasteiger partial charge in [0.25, 0.3) is 5.91 Å². The lowest BCUT2D eigenvalue weighted by molar-refractivity contribution is 0.0951. The van der Waals surface area contributed by atoms with E-state index in [1.165, 1.54) is 4.88 Å². The molecule has 6 heteroatoms. The summed E-state index contributed by atoms with van der Waals surface area (Å²) >= 11 is 1.68. The number of carbonyl (C=O) groups is 1. The zero-order valence-corrected chi connectivity index (χ0v) is 15.6. The predicted octanol–water partition coefficient (Wildman–Crippen LogP) is 4.14. The smallest absolute Gasteiger partial charge is 0.251 e. The highest BCUT2D eigenvalue weighted by Crippen LogP contribution is 2.25. The standard InChI is InChI=1S/C21H18N4OS/c1-25-14-18(13-24-25)20-17(4-2-10-22-20)12-23-21(26)16-8-6-15(7-9-16)19-5-3-11-27-19/h2-11,13-14H,12H2,1H3,(H,23,26). The third-order valence-electron chi connectivity index (χ3n) is 4.26. The number of nitrogens with one attached hydrogen (secondary N) is 1. The minimum Gasteiger partial charge on any atom is -0.348 e. The van der Waals surface area contributed by atoms with E-state index in [4.69, 9.17) is 0 Å². The zero-order chi connectivity index (χ0) is 18.6. The topological polar surface area (TPSA) is 59.8 Å². The predicted molar refractivity (Wildman–Crippen MR) is 107 cm³/mol. The minimum atomic E-state index is -0.103. The lowest BCUT2D eigenvalue weighted by Gasteiger charge is -2.09. The van der Waals surface area contributed by atoms with Crippen molar-refractivity contribution in [3.05, 3.63) is 83.6 Å². The van der Waals surface area contributed by atoms with Gasteiger partial charge in [-0.1, -0.05) is 24.3 Å².